The van der Waals surface area contributed by atoms with E-state index in [4.69, 9.17) is 8.37 Å². The van der Waals surface area contributed by atoms with Crippen LogP contribution in [-0.4, -0.2) is 42.0 Å². The third-order valence-electron chi connectivity index (χ3n) is 5.32. The molecule has 1 heterocycles. The molecule has 0 unspecified atom stereocenters. The lowest BCUT2D eigenvalue weighted by molar-refractivity contribution is -0.119. The second kappa shape index (κ2) is 10.1. The van der Waals surface area contributed by atoms with Crippen LogP contribution in [0.2, 0.25) is 0 Å². The molecule has 174 valence electrons. The van der Waals surface area contributed by atoms with E-state index in [1.165, 1.54) is 24.3 Å². The Morgan fingerprint density at radius 3 is 1.88 bits per heavy atom. The Bertz CT molecular complexity index is 1140. The quantitative estimate of drug-likeness (QED) is 0.410. The molecule has 0 radical (unpaired) electrons. The maximum absolute atomic E-state index is 12.4. The van der Waals surface area contributed by atoms with Crippen LogP contribution in [0.15, 0.2) is 58.3 Å². The van der Waals surface area contributed by atoms with Crippen LogP contribution in [0, 0.1) is 19.8 Å². The fraction of sp³-hybridized carbons (Fsp3) is 0.409. The van der Waals surface area contributed by atoms with Crippen molar-refractivity contribution in [2.45, 2.75) is 48.9 Å². The largest absolute Gasteiger partial charge is 0.353 e. The molecule has 2 aromatic rings. The van der Waals surface area contributed by atoms with Crippen molar-refractivity contribution in [1.29, 1.82) is 0 Å². The van der Waals surface area contributed by atoms with Gasteiger partial charge in [0.2, 0.25) is 5.91 Å². The zero-order valence-electron chi connectivity index (χ0n) is 18.0. The Morgan fingerprint density at radius 2 is 1.34 bits per heavy atom. The van der Waals surface area contributed by atoms with Crippen LogP contribution in [0.3, 0.4) is 0 Å². The molecule has 32 heavy (non-hydrogen) atoms. The van der Waals surface area contributed by atoms with Crippen LogP contribution in [0.5, 0.6) is 0 Å². The zero-order valence-corrected chi connectivity index (χ0v) is 19.6. The van der Waals surface area contributed by atoms with Crippen LogP contribution < -0.4 is 5.32 Å². The minimum Gasteiger partial charge on any atom is -0.353 e. The van der Waals surface area contributed by atoms with Crippen molar-refractivity contribution in [2.75, 3.05) is 13.2 Å². The van der Waals surface area contributed by atoms with Crippen molar-refractivity contribution in [3.63, 3.8) is 0 Å². The van der Waals surface area contributed by atoms with Gasteiger partial charge in [0.1, 0.15) is 0 Å². The topological polar surface area (TPSA) is 116 Å². The van der Waals surface area contributed by atoms with Crippen molar-refractivity contribution in [3.8, 4) is 0 Å². The molecule has 0 saturated carbocycles. The molecule has 1 fully saturated rings. The summed E-state index contributed by atoms with van der Waals surface area (Å²) in [4.78, 5) is 12.0. The molecule has 1 aliphatic heterocycles. The molecule has 0 spiro atoms. The van der Waals surface area contributed by atoms with Gasteiger partial charge in [-0.05, 0) is 51.0 Å². The van der Waals surface area contributed by atoms with Gasteiger partial charge in [0.15, 0.2) is 0 Å². The van der Waals surface area contributed by atoms with Crippen LogP contribution in [0.25, 0.3) is 0 Å². The molecular weight excluding hydrogens is 454 g/mol. The van der Waals surface area contributed by atoms with Gasteiger partial charge in [0.25, 0.3) is 20.2 Å². The van der Waals surface area contributed by atoms with E-state index < -0.39 is 20.2 Å². The summed E-state index contributed by atoms with van der Waals surface area (Å²) in [6.07, 6.45) is 0.960. The minimum atomic E-state index is -3.93. The van der Waals surface area contributed by atoms with Gasteiger partial charge < -0.3 is 5.32 Å². The maximum atomic E-state index is 12.4. The molecule has 2 atom stereocenters. The van der Waals surface area contributed by atoms with E-state index in [1.54, 1.807) is 24.3 Å². The molecule has 0 aromatic heterocycles. The van der Waals surface area contributed by atoms with Crippen molar-refractivity contribution in [2.24, 2.45) is 5.92 Å². The molecular formula is C22H27NO7S2. The number of aryl methyl sites for hydroxylation is 2. The third kappa shape index (κ3) is 6.38. The molecule has 1 N–H and O–H groups in total. The summed E-state index contributed by atoms with van der Waals surface area (Å²) in [5.74, 6) is -0.527. The smallest absolute Gasteiger partial charge is 0.296 e. The minimum absolute atomic E-state index is 0.0438. The van der Waals surface area contributed by atoms with E-state index in [2.05, 4.69) is 5.32 Å². The number of amides is 1. The number of hydrogen-bond donors (Lipinski definition) is 1. The van der Waals surface area contributed by atoms with E-state index >= 15 is 0 Å². The highest BCUT2D eigenvalue weighted by Crippen LogP contribution is 2.24. The molecule has 3 rings (SSSR count). The molecule has 8 nitrogen and oxygen atoms in total. The van der Waals surface area contributed by atoms with E-state index in [-0.39, 0.29) is 47.3 Å². The number of rotatable bonds is 10. The summed E-state index contributed by atoms with van der Waals surface area (Å²) >= 11 is 0. The average molecular weight is 482 g/mol. The average Bonchev–Trinajstić information content (AvgIpc) is 3.10. The third-order valence-corrected chi connectivity index (χ3v) is 7.94. The lowest BCUT2D eigenvalue weighted by atomic mass is 9.98. The first kappa shape index (κ1) is 24.4. The molecule has 2 aromatic carbocycles. The van der Waals surface area contributed by atoms with Crippen LogP contribution >= 0.6 is 0 Å². The summed E-state index contributed by atoms with van der Waals surface area (Å²) in [7, 11) is -7.78. The number of hydrogen-bond acceptors (Lipinski definition) is 7. The Hall–Kier alpha value is -2.27. The first-order valence-corrected chi connectivity index (χ1v) is 13.1. The van der Waals surface area contributed by atoms with Crippen molar-refractivity contribution >= 4 is 26.1 Å². The van der Waals surface area contributed by atoms with E-state index in [0.717, 1.165) is 11.1 Å². The molecule has 1 amide bonds. The predicted molar refractivity (Wildman–Crippen MR) is 118 cm³/mol. The SMILES string of the molecule is Cc1ccc(S(=O)(=O)OCCC[C@H]2NC(=O)C[C@H]2COS(=O)(=O)c2ccc(C)cc2)cc1. The summed E-state index contributed by atoms with van der Waals surface area (Å²) in [6, 6.07) is 12.4. The zero-order chi connectivity index (χ0) is 23.4. The summed E-state index contributed by atoms with van der Waals surface area (Å²) in [6.45, 7) is 3.53. The van der Waals surface area contributed by atoms with Gasteiger partial charge in [-0.25, -0.2) is 0 Å². The van der Waals surface area contributed by atoms with E-state index in [0.29, 0.717) is 12.8 Å². The second-order valence-electron chi connectivity index (χ2n) is 7.92. The highest BCUT2D eigenvalue weighted by molar-refractivity contribution is 7.87. The highest BCUT2D eigenvalue weighted by atomic mass is 32.2. The summed E-state index contributed by atoms with van der Waals surface area (Å²) in [5, 5.41) is 2.80. The van der Waals surface area contributed by atoms with Gasteiger partial charge in [0.05, 0.1) is 23.0 Å². The van der Waals surface area contributed by atoms with Gasteiger partial charge >= 0.3 is 0 Å². The lowest BCUT2D eigenvalue weighted by Crippen LogP contribution is -2.31. The van der Waals surface area contributed by atoms with E-state index in [1.807, 2.05) is 13.8 Å². The first-order chi connectivity index (χ1) is 15.1. The number of carbonyl (C=O) groups excluding carboxylic acids is 1. The van der Waals surface area contributed by atoms with Gasteiger partial charge in [-0.3, -0.25) is 13.2 Å². The standard InChI is InChI=1S/C22H27NO7S2/c1-16-5-9-19(10-6-16)31(25,26)29-13-3-4-21-18(14-22(24)23-21)15-30-32(27,28)20-11-7-17(2)8-12-20/h5-12,18,21H,3-4,13-15H2,1-2H3,(H,23,24)/t18-,21+/m0/s1. The Balaban J connectivity index is 1.51. The second-order valence-corrected chi connectivity index (χ2v) is 11.2. The molecule has 1 aliphatic rings. The first-order valence-electron chi connectivity index (χ1n) is 10.3. The lowest BCUT2D eigenvalue weighted by Gasteiger charge is -2.18. The Morgan fingerprint density at radius 1 is 0.844 bits per heavy atom. The number of benzene rings is 2. The van der Waals surface area contributed by atoms with E-state index in [9.17, 15) is 21.6 Å². The Labute approximate surface area is 189 Å². The fourth-order valence-electron chi connectivity index (χ4n) is 3.44. The molecule has 0 bridgehead atoms. The monoisotopic (exact) mass is 481 g/mol. The molecule has 10 heteroatoms. The van der Waals surface area contributed by atoms with Crippen LogP contribution in [-0.2, 0) is 33.4 Å². The Kier molecular flexibility index (Phi) is 7.71. The summed E-state index contributed by atoms with van der Waals surface area (Å²) < 4.78 is 59.6. The maximum Gasteiger partial charge on any atom is 0.296 e. The predicted octanol–water partition coefficient (Wildman–Crippen LogP) is 2.70. The van der Waals surface area contributed by atoms with Gasteiger partial charge in [-0.2, -0.15) is 16.8 Å². The number of nitrogens with one attached hydrogen (secondary N) is 1. The van der Waals surface area contributed by atoms with Crippen LogP contribution in [0.1, 0.15) is 30.4 Å². The van der Waals surface area contributed by atoms with Gasteiger partial charge in [-0.15, -0.1) is 0 Å². The number of carbonyl (C=O) groups is 1. The molecule has 0 aliphatic carbocycles. The van der Waals surface area contributed by atoms with Crippen molar-refractivity contribution in [3.05, 3.63) is 59.7 Å². The normalized spacial score (nSPS) is 19.1. The molecule has 1 saturated heterocycles. The van der Waals surface area contributed by atoms with Crippen molar-refractivity contribution < 1.29 is 30.0 Å². The fourth-order valence-corrected chi connectivity index (χ4v) is 5.34. The van der Waals surface area contributed by atoms with Gasteiger partial charge in [0, 0.05) is 18.4 Å². The highest BCUT2D eigenvalue weighted by Gasteiger charge is 2.33. The van der Waals surface area contributed by atoms with Crippen LogP contribution in [0.4, 0.5) is 0 Å². The summed E-state index contributed by atoms with van der Waals surface area (Å²) in [5.41, 5.74) is 1.87. The van der Waals surface area contributed by atoms with Gasteiger partial charge in [-0.1, -0.05) is 35.4 Å². The van der Waals surface area contributed by atoms with Crippen molar-refractivity contribution in [1.82, 2.24) is 5.32 Å².